The van der Waals surface area contributed by atoms with Crippen LogP contribution in [0.2, 0.25) is 0 Å². The first-order valence-electron chi connectivity index (χ1n) is 15.0. The summed E-state index contributed by atoms with van der Waals surface area (Å²) in [5, 5.41) is 10.0. The zero-order valence-corrected chi connectivity index (χ0v) is 25.6. The standard InChI is InChI=1S/C37H37NO8/c1-42-37(41)33-20-31-30(19-29(45-23-27-13-7-3-8-14-27)25-43-22-26-11-5-2-6-12-26)32(21-34(35(31)38-33)44-18-17-39)36(40)46-24-28-15-9-4-10-16-28/h2-16,20-21,29,38-39H,17-19,22-25H2,1H3/t29-/m0/s1. The van der Waals surface area contributed by atoms with Crippen LogP contribution < -0.4 is 4.74 Å². The highest BCUT2D eigenvalue weighted by Gasteiger charge is 2.26. The van der Waals surface area contributed by atoms with Crippen LogP contribution in [0.15, 0.2) is 103 Å². The molecule has 0 spiro atoms. The SMILES string of the molecule is COC(=O)c1cc2c(C[C@@H](COCc3ccccc3)OCc3ccccc3)c(C(=O)OCc3ccccc3)cc(OCCO)c2[nH]1. The number of fused-ring (bicyclic) bond motifs is 1. The molecule has 1 atom stereocenters. The molecule has 0 fully saturated rings. The molecule has 9 heteroatoms. The summed E-state index contributed by atoms with van der Waals surface area (Å²) in [6.45, 7) is 0.760. The molecule has 1 heterocycles. The minimum Gasteiger partial charge on any atom is -0.489 e. The molecule has 9 nitrogen and oxygen atoms in total. The first-order valence-corrected chi connectivity index (χ1v) is 15.0. The molecule has 0 saturated carbocycles. The van der Waals surface area contributed by atoms with Crippen LogP contribution in [0.25, 0.3) is 10.9 Å². The quantitative estimate of drug-likeness (QED) is 0.128. The maximum atomic E-state index is 13.8. The number of esters is 2. The number of nitrogens with one attached hydrogen (secondary N) is 1. The van der Waals surface area contributed by atoms with Gasteiger partial charge >= 0.3 is 11.9 Å². The van der Waals surface area contributed by atoms with Gasteiger partial charge in [0.15, 0.2) is 0 Å². The van der Waals surface area contributed by atoms with Gasteiger partial charge in [-0.1, -0.05) is 91.0 Å². The Kier molecular flexibility index (Phi) is 11.5. The zero-order valence-electron chi connectivity index (χ0n) is 25.6. The number of H-pyrrole nitrogens is 1. The largest absolute Gasteiger partial charge is 0.489 e. The molecule has 0 amide bonds. The fourth-order valence-electron chi connectivity index (χ4n) is 5.08. The Balaban J connectivity index is 1.52. The second-order valence-electron chi connectivity index (χ2n) is 10.6. The number of hydrogen-bond acceptors (Lipinski definition) is 8. The number of methoxy groups -OCH3 is 1. The van der Waals surface area contributed by atoms with Crippen molar-refractivity contribution in [1.82, 2.24) is 4.98 Å². The lowest BCUT2D eigenvalue weighted by Crippen LogP contribution is -2.24. The average molecular weight is 624 g/mol. The van der Waals surface area contributed by atoms with Crippen molar-refractivity contribution < 1.29 is 38.4 Å². The molecule has 2 N–H and O–H groups in total. The van der Waals surface area contributed by atoms with Gasteiger partial charge in [0, 0.05) is 11.8 Å². The number of benzene rings is 4. The van der Waals surface area contributed by atoms with E-state index in [1.807, 2.05) is 91.0 Å². The van der Waals surface area contributed by atoms with E-state index in [4.69, 9.17) is 23.7 Å². The molecular formula is C37H37NO8. The Morgan fingerprint density at radius 3 is 2.00 bits per heavy atom. The van der Waals surface area contributed by atoms with Crippen LogP contribution in [0.1, 0.15) is 43.1 Å². The smallest absolute Gasteiger partial charge is 0.354 e. The van der Waals surface area contributed by atoms with E-state index in [0.29, 0.717) is 29.7 Å². The van der Waals surface area contributed by atoms with Crippen LogP contribution in [0.4, 0.5) is 0 Å². The Morgan fingerprint density at radius 1 is 0.783 bits per heavy atom. The summed E-state index contributed by atoms with van der Waals surface area (Å²) in [6, 6.07) is 32.2. The van der Waals surface area contributed by atoms with Crippen LogP contribution in [-0.2, 0) is 45.2 Å². The van der Waals surface area contributed by atoms with Gasteiger partial charge in [-0.25, -0.2) is 9.59 Å². The van der Waals surface area contributed by atoms with Crippen molar-refractivity contribution in [2.75, 3.05) is 26.9 Å². The predicted octanol–water partition coefficient (Wildman–Crippen LogP) is 6.03. The zero-order chi connectivity index (χ0) is 32.1. The molecule has 0 bridgehead atoms. The number of aliphatic hydroxyl groups is 1. The fourth-order valence-corrected chi connectivity index (χ4v) is 5.08. The van der Waals surface area contributed by atoms with Crippen molar-refractivity contribution in [2.24, 2.45) is 0 Å². The van der Waals surface area contributed by atoms with E-state index in [-0.39, 0.29) is 49.9 Å². The molecule has 0 unspecified atom stereocenters. The molecule has 0 saturated heterocycles. The molecule has 5 rings (SSSR count). The van der Waals surface area contributed by atoms with Crippen LogP contribution in [0, 0.1) is 0 Å². The van der Waals surface area contributed by atoms with Crippen LogP contribution in [0.5, 0.6) is 5.75 Å². The van der Waals surface area contributed by atoms with Gasteiger partial charge in [0.1, 0.15) is 24.7 Å². The Bertz CT molecular complexity index is 1700. The third kappa shape index (κ3) is 8.60. The lowest BCUT2D eigenvalue weighted by molar-refractivity contribution is -0.0289. The molecule has 238 valence electrons. The highest BCUT2D eigenvalue weighted by Crippen LogP contribution is 2.34. The van der Waals surface area contributed by atoms with Gasteiger partial charge in [-0.05, 0) is 34.4 Å². The van der Waals surface area contributed by atoms with Crippen molar-refractivity contribution in [3.05, 3.63) is 137 Å². The van der Waals surface area contributed by atoms with Crippen molar-refractivity contribution >= 4 is 22.8 Å². The third-order valence-electron chi connectivity index (χ3n) is 7.35. The van der Waals surface area contributed by atoms with Crippen LogP contribution in [0.3, 0.4) is 0 Å². The van der Waals surface area contributed by atoms with Crippen molar-refractivity contribution in [3.63, 3.8) is 0 Å². The molecule has 0 aliphatic heterocycles. The van der Waals surface area contributed by atoms with Crippen molar-refractivity contribution in [2.45, 2.75) is 32.3 Å². The summed E-state index contributed by atoms with van der Waals surface area (Å²) < 4.78 is 29.1. The first-order chi connectivity index (χ1) is 22.6. The van der Waals surface area contributed by atoms with Crippen molar-refractivity contribution in [1.29, 1.82) is 0 Å². The monoisotopic (exact) mass is 623 g/mol. The number of ether oxygens (including phenoxy) is 5. The lowest BCUT2D eigenvalue weighted by Gasteiger charge is -2.21. The van der Waals surface area contributed by atoms with Gasteiger partial charge in [0.05, 0.1) is 50.7 Å². The molecule has 0 aliphatic rings. The molecular weight excluding hydrogens is 586 g/mol. The second kappa shape index (κ2) is 16.4. The third-order valence-corrected chi connectivity index (χ3v) is 7.35. The maximum absolute atomic E-state index is 13.8. The van der Waals surface area contributed by atoms with Gasteiger partial charge < -0.3 is 33.8 Å². The summed E-state index contributed by atoms with van der Waals surface area (Å²) in [5.74, 6) is -0.856. The Labute approximate surface area is 267 Å². The molecule has 4 aromatic carbocycles. The van der Waals surface area contributed by atoms with Gasteiger partial charge in [-0.15, -0.1) is 0 Å². The van der Waals surface area contributed by atoms with Crippen LogP contribution in [-0.4, -0.2) is 55.1 Å². The van der Waals surface area contributed by atoms with E-state index in [1.54, 1.807) is 12.1 Å². The van der Waals surface area contributed by atoms with Gasteiger partial charge in [0.2, 0.25) is 0 Å². The summed E-state index contributed by atoms with van der Waals surface area (Å²) in [7, 11) is 1.29. The van der Waals surface area contributed by atoms with E-state index in [9.17, 15) is 14.7 Å². The number of hydrogen-bond donors (Lipinski definition) is 2. The summed E-state index contributed by atoms with van der Waals surface area (Å²) >= 11 is 0. The summed E-state index contributed by atoms with van der Waals surface area (Å²) in [6.07, 6.45) is -0.222. The fraction of sp³-hybridized carbons (Fsp3) is 0.243. The summed E-state index contributed by atoms with van der Waals surface area (Å²) in [4.78, 5) is 29.4. The number of aliphatic hydroxyl groups excluding tert-OH is 1. The highest BCUT2D eigenvalue weighted by atomic mass is 16.5. The Morgan fingerprint density at radius 2 is 1.39 bits per heavy atom. The molecule has 1 aromatic heterocycles. The Hall–Kier alpha value is -4.96. The van der Waals surface area contributed by atoms with E-state index in [1.165, 1.54) is 7.11 Å². The van der Waals surface area contributed by atoms with Crippen molar-refractivity contribution in [3.8, 4) is 5.75 Å². The second-order valence-corrected chi connectivity index (χ2v) is 10.6. The average Bonchev–Trinajstić information content (AvgIpc) is 3.56. The van der Waals surface area contributed by atoms with Gasteiger partial charge in [-0.3, -0.25) is 0 Å². The number of carbonyl (C=O) groups excluding carboxylic acids is 2. The highest BCUT2D eigenvalue weighted by molar-refractivity contribution is 6.04. The van der Waals surface area contributed by atoms with Crippen LogP contribution >= 0.6 is 0 Å². The minimum absolute atomic E-state index is 0.0182. The molecule has 0 aliphatic carbocycles. The number of carbonyl (C=O) groups is 2. The van der Waals surface area contributed by atoms with E-state index in [0.717, 1.165) is 16.7 Å². The maximum Gasteiger partial charge on any atom is 0.354 e. The molecule has 0 radical (unpaired) electrons. The number of rotatable bonds is 16. The number of aromatic nitrogens is 1. The van der Waals surface area contributed by atoms with E-state index in [2.05, 4.69) is 4.98 Å². The lowest BCUT2D eigenvalue weighted by atomic mass is 9.96. The predicted molar refractivity (Wildman–Crippen MR) is 173 cm³/mol. The van der Waals surface area contributed by atoms with Gasteiger partial charge in [-0.2, -0.15) is 0 Å². The number of aromatic amines is 1. The molecule has 46 heavy (non-hydrogen) atoms. The summed E-state index contributed by atoms with van der Waals surface area (Å²) in [5.41, 5.74) is 4.37. The van der Waals surface area contributed by atoms with E-state index >= 15 is 0 Å². The van der Waals surface area contributed by atoms with Gasteiger partial charge in [0.25, 0.3) is 0 Å². The topological polar surface area (TPSA) is 116 Å². The first kappa shape index (κ1) is 32.4. The molecule has 5 aromatic rings. The normalized spacial score (nSPS) is 11.7. The van der Waals surface area contributed by atoms with E-state index < -0.39 is 18.0 Å². The minimum atomic E-state index is -0.577.